The molecule has 0 unspecified atom stereocenters. The summed E-state index contributed by atoms with van der Waals surface area (Å²) < 4.78 is 47.7. The molecule has 9 aromatic carbocycles. The van der Waals surface area contributed by atoms with E-state index in [1.807, 2.05) is 66.9 Å². The van der Waals surface area contributed by atoms with E-state index in [0.717, 1.165) is 99.0 Å². The van der Waals surface area contributed by atoms with Gasteiger partial charge in [0.25, 0.3) is 0 Å². The summed E-state index contributed by atoms with van der Waals surface area (Å²) in [6.07, 6.45) is -4.49. The second kappa shape index (κ2) is 17.5. The van der Waals surface area contributed by atoms with Crippen molar-refractivity contribution in [2.45, 2.75) is 54.6 Å². The number of hydrogen-bond acceptors (Lipinski definition) is 8. The molecule has 11 heteroatoms. The van der Waals surface area contributed by atoms with Crippen LogP contribution >= 0.6 is 45.3 Å². The predicted octanol–water partition coefficient (Wildman–Crippen LogP) is 21.4. The van der Waals surface area contributed by atoms with Gasteiger partial charge in [-0.1, -0.05) is 115 Å². The summed E-state index contributed by atoms with van der Waals surface area (Å²) >= 11 is 7.27. The number of aryl methyl sites for hydroxylation is 7. The third-order valence-corrected chi connectivity index (χ3v) is 21.1. The van der Waals surface area contributed by atoms with Crippen molar-refractivity contribution in [1.82, 2.24) is 19.9 Å². The lowest BCUT2D eigenvalue weighted by atomic mass is 9.96. The first-order chi connectivity index (χ1) is 38.2. The normalized spacial score (nSPS) is 12.4. The average Bonchev–Trinajstić information content (AvgIpc) is 4.46. The summed E-state index contributed by atoms with van der Waals surface area (Å²) in [5.74, 6) is 0. The van der Waals surface area contributed by atoms with Crippen LogP contribution in [0.15, 0.2) is 146 Å². The fourth-order valence-corrected chi connectivity index (χ4v) is 16.9. The largest absolute Gasteiger partial charge is 0.416 e. The predicted molar refractivity (Wildman–Crippen MR) is 332 cm³/mol. The highest BCUT2D eigenvalue weighted by atomic mass is 32.1. The highest BCUT2D eigenvalue weighted by Gasteiger charge is 2.31. The Morgan fingerprint density at radius 1 is 0.342 bits per heavy atom. The Morgan fingerprint density at radius 2 is 0.759 bits per heavy atom. The van der Waals surface area contributed by atoms with E-state index in [4.69, 9.17) is 19.9 Å². The maximum atomic E-state index is 14.2. The van der Waals surface area contributed by atoms with Crippen LogP contribution in [0, 0.1) is 48.5 Å². The van der Waals surface area contributed by atoms with Crippen molar-refractivity contribution in [1.29, 1.82) is 0 Å². The van der Waals surface area contributed by atoms with Gasteiger partial charge in [-0.2, -0.15) is 13.2 Å². The molecule has 0 saturated heterocycles. The van der Waals surface area contributed by atoms with Gasteiger partial charge in [-0.25, -0.2) is 19.9 Å². The summed E-state index contributed by atoms with van der Waals surface area (Å²) in [6.45, 7) is 15.2. The van der Waals surface area contributed by atoms with Gasteiger partial charge in [0, 0.05) is 76.9 Å². The number of nitrogens with zero attached hydrogens (tertiary/aromatic N) is 4. The van der Waals surface area contributed by atoms with Gasteiger partial charge in [0.05, 0.1) is 50.1 Å². The first-order valence-corrected chi connectivity index (χ1v) is 29.4. The van der Waals surface area contributed by atoms with Crippen molar-refractivity contribution >= 4 is 140 Å². The Bertz CT molecular complexity index is 5030. The molecule has 382 valence electrons. The number of benzene rings is 9. The molecule has 0 N–H and O–H groups in total. The second-order valence-corrected chi connectivity index (χ2v) is 25.4. The van der Waals surface area contributed by atoms with Gasteiger partial charge in [0.2, 0.25) is 0 Å². The van der Waals surface area contributed by atoms with Crippen LogP contribution < -0.4 is 0 Å². The number of thiophene rings is 4. The zero-order valence-electron chi connectivity index (χ0n) is 43.9. The minimum atomic E-state index is -4.49. The molecule has 0 aliphatic heterocycles. The highest BCUT2D eigenvalue weighted by Crippen LogP contribution is 2.51. The maximum Gasteiger partial charge on any atom is 0.416 e. The number of rotatable bonds is 5. The number of hydrogen-bond donors (Lipinski definition) is 0. The molecule has 0 fully saturated rings. The van der Waals surface area contributed by atoms with Crippen LogP contribution in [0.5, 0.6) is 0 Å². The zero-order chi connectivity index (χ0) is 53.9. The lowest BCUT2D eigenvalue weighted by molar-refractivity contribution is -0.137. The first-order valence-electron chi connectivity index (χ1n) is 26.2. The fraction of sp³-hybridized carbons (Fsp3) is 0.118. The molecule has 79 heavy (non-hydrogen) atoms. The quantitative estimate of drug-likeness (QED) is 0.127. The molecule has 0 saturated carbocycles. The standard InChI is InChI=1S/C68H45F3N4S4/c1-32-18-21-42-51(26-32)52-28-41(68(69,70)71)20-23-43(52)60-59(42)72-56-33(2)19-22-44(61(56)75-60)53-30-49-37(6)67-50(38(7)66(49)77-53)31-55(79-67)46-25-24-45(54-29-48-36(5)64-47(27-34(3)76-64)35(4)65(48)78-54)62-63(46)74-58(40-16-12-9-13-17-40)57(73-62)39-14-10-8-11-15-39/h8-31H,1-7H3. The lowest BCUT2D eigenvalue weighted by Gasteiger charge is -2.15. The van der Waals surface area contributed by atoms with Gasteiger partial charge in [0.1, 0.15) is 0 Å². The monoisotopic (exact) mass is 1100 g/mol. The molecule has 0 bridgehead atoms. The van der Waals surface area contributed by atoms with Crippen molar-refractivity contribution in [3.05, 3.63) is 189 Å². The Morgan fingerprint density at radius 3 is 1.25 bits per heavy atom. The van der Waals surface area contributed by atoms with Gasteiger partial charge in [0.15, 0.2) is 0 Å². The van der Waals surface area contributed by atoms with Crippen molar-refractivity contribution in [2.75, 3.05) is 0 Å². The summed E-state index contributed by atoms with van der Waals surface area (Å²) in [5, 5.41) is 7.67. The van der Waals surface area contributed by atoms with E-state index >= 15 is 0 Å². The van der Waals surface area contributed by atoms with Crippen molar-refractivity contribution in [3.8, 4) is 53.8 Å². The van der Waals surface area contributed by atoms with Crippen molar-refractivity contribution in [2.24, 2.45) is 0 Å². The number of halogens is 3. The first kappa shape index (κ1) is 48.2. The van der Waals surface area contributed by atoms with Gasteiger partial charge in [-0.05, 0) is 145 Å². The van der Waals surface area contributed by atoms with Crippen LogP contribution in [0.4, 0.5) is 13.2 Å². The van der Waals surface area contributed by atoms with Crippen LogP contribution in [0.25, 0.3) is 149 Å². The van der Waals surface area contributed by atoms with E-state index in [9.17, 15) is 13.2 Å². The van der Waals surface area contributed by atoms with E-state index in [0.29, 0.717) is 21.8 Å². The molecule has 6 heterocycles. The molecule has 0 atom stereocenters. The third-order valence-electron chi connectivity index (χ3n) is 16.1. The van der Waals surface area contributed by atoms with Gasteiger partial charge in [-0.15, -0.1) is 45.3 Å². The zero-order valence-corrected chi connectivity index (χ0v) is 47.2. The molecule has 0 radical (unpaired) electrons. The Labute approximate surface area is 468 Å². The van der Waals surface area contributed by atoms with Crippen molar-refractivity contribution < 1.29 is 13.2 Å². The Hall–Kier alpha value is -7.93. The summed E-state index contributed by atoms with van der Waals surface area (Å²) in [7, 11) is 0. The van der Waals surface area contributed by atoms with Crippen LogP contribution in [0.3, 0.4) is 0 Å². The summed E-state index contributed by atoms with van der Waals surface area (Å²) in [4.78, 5) is 26.8. The molecule has 6 aromatic heterocycles. The van der Waals surface area contributed by atoms with Gasteiger partial charge >= 0.3 is 6.18 Å². The lowest BCUT2D eigenvalue weighted by Crippen LogP contribution is -2.04. The van der Waals surface area contributed by atoms with Crippen LogP contribution in [-0.4, -0.2) is 19.9 Å². The number of fused-ring (bicyclic) bond motifs is 12. The molecule has 0 aliphatic carbocycles. The third kappa shape index (κ3) is 7.36. The Kier molecular flexibility index (Phi) is 10.7. The van der Waals surface area contributed by atoms with E-state index in [2.05, 4.69) is 132 Å². The van der Waals surface area contributed by atoms with E-state index in [-0.39, 0.29) is 0 Å². The van der Waals surface area contributed by atoms with Crippen molar-refractivity contribution in [3.63, 3.8) is 0 Å². The second-order valence-electron chi connectivity index (χ2n) is 21.0. The SMILES string of the molecule is Cc1ccc2c(c1)c1cc(C(F)(F)F)ccc1c1nc3c(-c4cc5c(C)c6sc(-c7ccc(-c8cc9c(C)c%10sc(C)cc%10c(C)c9s8)c8nc(-c9ccccc9)c(-c9ccccc9)nc78)cc6c(C)c5s4)ccc(C)c3nc21. The van der Waals surface area contributed by atoms with Crippen LogP contribution in [0.1, 0.15) is 43.8 Å². The molecule has 15 rings (SSSR count). The smallest absolute Gasteiger partial charge is 0.244 e. The highest BCUT2D eigenvalue weighted by molar-refractivity contribution is 7.24. The molecule has 0 spiro atoms. The summed E-state index contributed by atoms with van der Waals surface area (Å²) in [5.41, 5.74) is 17.5. The summed E-state index contributed by atoms with van der Waals surface area (Å²) in [6, 6.07) is 48.8. The Balaban J connectivity index is 0.919. The molecule has 0 aliphatic rings. The minimum absolute atomic E-state index is 0.511. The molecular formula is C68H45F3N4S4. The molecule has 15 aromatic rings. The van der Waals surface area contributed by atoms with Crippen LogP contribution in [0.2, 0.25) is 0 Å². The number of aromatic nitrogens is 4. The fourth-order valence-electron chi connectivity index (χ4n) is 12.0. The average molecular weight is 1100 g/mol. The molecule has 4 nitrogen and oxygen atoms in total. The molecular weight excluding hydrogens is 1060 g/mol. The van der Waals surface area contributed by atoms with Crippen LogP contribution in [-0.2, 0) is 6.18 Å². The van der Waals surface area contributed by atoms with E-state index in [1.54, 1.807) is 28.7 Å². The van der Waals surface area contributed by atoms with E-state index in [1.165, 1.54) is 78.4 Å². The van der Waals surface area contributed by atoms with Gasteiger partial charge in [-0.3, -0.25) is 0 Å². The minimum Gasteiger partial charge on any atom is -0.244 e. The number of alkyl halides is 3. The molecule has 0 amide bonds. The topological polar surface area (TPSA) is 51.6 Å². The maximum absolute atomic E-state index is 14.2. The van der Waals surface area contributed by atoms with Gasteiger partial charge < -0.3 is 0 Å². The van der Waals surface area contributed by atoms with E-state index < -0.39 is 11.7 Å².